The van der Waals surface area contributed by atoms with Crippen molar-refractivity contribution in [2.24, 2.45) is 0 Å². The maximum atomic E-state index is 12.3. The predicted molar refractivity (Wildman–Crippen MR) is 81.6 cm³/mol. The van der Waals surface area contributed by atoms with Gasteiger partial charge in [-0.15, -0.1) is 0 Å². The number of carbonyl (C=O) groups excluding carboxylic acids is 1. The average molecular weight is 321 g/mol. The van der Waals surface area contributed by atoms with E-state index < -0.39 is 0 Å². The van der Waals surface area contributed by atoms with E-state index in [4.69, 9.17) is 0 Å². The Hall–Kier alpha value is -1.55. The van der Waals surface area contributed by atoms with E-state index in [-0.39, 0.29) is 11.9 Å². The van der Waals surface area contributed by atoms with Crippen molar-refractivity contribution in [3.05, 3.63) is 52.3 Å². The van der Waals surface area contributed by atoms with Crippen molar-refractivity contribution in [2.45, 2.75) is 26.8 Å². The zero-order valence-electron chi connectivity index (χ0n) is 11.3. The molecule has 0 saturated heterocycles. The number of aryl methyl sites for hydroxylation is 1. The second kappa shape index (κ2) is 5.61. The molecule has 19 heavy (non-hydrogen) atoms. The summed E-state index contributed by atoms with van der Waals surface area (Å²) in [6, 6.07) is 9.86. The molecule has 0 unspecified atom stereocenters. The monoisotopic (exact) mass is 320 g/mol. The molecular formula is C15H17BrN2O. The molecule has 0 spiro atoms. The molecule has 0 aliphatic carbocycles. The molecule has 0 saturated carbocycles. The molecule has 100 valence electrons. The van der Waals surface area contributed by atoms with Gasteiger partial charge in [-0.3, -0.25) is 4.79 Å². The summed E-state index contributed by atoms with van der Waals surface area (Å²) >= 11 is 3.45. The summed E-state index contributed by atoms with van der Waals surface area (Å²) in [6.07, 6.45) is 1.92. The zero-order valence-corrected chi connectivity index (χ0v) is 12.9. The standard InChI is InChI=1S/C15H17BrN2O/c1-10(2)18-8-4-5-14(18)15(19)17-13-9-11(3)6-7-12(13)16/h4-10H,1-3H3,(H,17,19). The summed E-state index contributed by atoms with van der Waals surface area (Å²) in [7, 11) is 0. The molecule has 1 N–H and O–H groups in total. The highest BCUT2D eigenvalue weighted by molar-refractivity contribution is 9.10. The van der Waals surface area contributed by atoms with E-state index in [9.17, 15) is 4.79 Å². The van der Waals surface area contributed by atoms with Crippen molar-refractivity contribution in [1.82, 2.24) is 4.57 Å². The largest absolute Gasteiger partial charge is 0.341 e. The number of carbonyl (C=O) groups is 1. The number of benzene rings is 1. The van der Waals surface area contributed by atoms with E-state index in [1.807, 2.05) is 48.0 Å². The maximum absolute atomic E-state index is 12.3. The maximum Gasteiger partial charge on any atom is 0.272 e. The number of hydrogen-bond donors (Lipinski definition) is 1. The van der Waals surface area contributed by atoms with Crippen LogP contribution in [0.2, 0.25) is 0 Å². The van der Waals surface area contributed by atoms with Gasteiger partial charge >= 0.3 is 0 Å². The van der Waals surface area contributed by atoms with Crippen LogP contribution in [0, 0.1) is 6.92 Å². The number of nitrogens with one attached hydrogen (secondary N) is 1. The molecular weight excluding hydrogens is 304 g/mol. The van der Waals surface area contributed by atoms with Crippen molar-refractivity contribution in [1.29, 1.82) is 0 Å². The van der Waals surface area contributed by atoms with Crippen LogP contribution in [0.4, 0.5) is 5.69 Å². The van der Waals surface area contributed by atoms with Crippen molar-refractivity contribution in [2.75, 3.05) is 5.32 Å². The minimum atomic E-state index is -0.0926. The third-order valence-electron chi connectivity index (χ3n) is 2.94. The molecule has 0 bridgehead atoms. The first-order chi connectivity index (χ1) is 8.99. The highest BCUT2D eigenvalue weighted by atomic mass is 79.9. The molecule has 3 nitrogen and oxygen atoms in total. The van der Waals surface area contributed by atoms with Crippen LogP contribution in [0.15, 0.2) is 41.0 Å². The molecule has 1 aromatic carbocycles. The third-order valence-corrected chi connectivity index (χ3v) is 3.63. The number of aromatic nitrogens is 1. The van der Waals surface area contributed by atoms with Gasteiger partial charge in [-0.2, -0.15) is 0 Å². The first-order valence-corrected chi connectivity index (χ1v) is 7.02. The van der Waals surface area contributed by atoms with Crippen molar-refractivity contribution in [3.8, 4) is 0 Å². The van der Waals surface area contributed by atoms with E-state index in [1.54, 1.807) is 0 Å². The Morgan fingerprint density at radius 2 is 2.05 bits per heavy atom. The van der Waals surface area contributed by atoms with Gasteiger partial charge in [0.05, 0.1) is 5.69 Å². The Morgan fingerprint density at radius 3 is 2.74 bits per heavy atom. The quantitative estimate of drug-likeness (QED) is 0.894. The number of amides is 1. The van der Waals surface area contributed by atoms with Gasteiger partial charge in [0.15, 0.2) is 0 Å². The lowest BCUT2D eigenvalue weighted by molar-refractivity contribution is 0.101. The molecule has 1 heterocycles. The number of hydrogen-bond acceptors (Lipinski definition) is 1. The van der Waals surface area contributed by atoms with Crippen LogP contribution in [-0.2, 0) is 0 Å². The lowest BCUT2D eigenvalue weighted by Crippen LogP contribution is -2.18. The van der Waals surface area contributed by atoms with Crippen molar-refractivity contribution in [3.63, 3.8) is 0 Å². The SMILES string of the molecule is Cc1ccc(Br)c(NC(=O)c2cccn2C(C)C)c1. The summed E-state index contributed by atoms with van der Waals surface area (Å²) in [5.41, 5.74) is 2.57. The number of halogens is 1. The predicted octanol–water partition coefficient (Wildman–Crippen LogP) is 4.39. The summed E-state index contributed by atoms with van der Waals surface area (Å²) in [5.74, 6) is -0.0926. The molecule has 0 fully saturated rings. The minimum absolute atomic E-state index is 0.0926. The molecule has 1 amide bonds. The molecule has 0 radical (unpaired) electrons. The van der Waals surface area contributed by atoms with Crippen LogP contribution < -0.4 is 5.32 Å². The van der Waals surface area contributed by atoms with Gasteiger partial charge in [0, 0.05) is 16.7 Å². The van der Waals surface area contributed by atoms with E-state index in [2.05, 4.69) is 35.1 Å². The Kier molecular flexibility index (Phi) is 4.10. The van der Waals surface area contributed by atoms with Gasteiger partial charge in [-0.05, 0) is 66.5 Å². The fraction of sp³-hybridized carbons (Fsp3) is 0.267. The first-order valence-electron chi connectivity index (χ1n) is 6.23. The van der Waals surface area contributed by atoms with E-state index in [0.717, 1.165) is 15.7 Å². The highest BCUT2D eigenvalue weighted by Crippen LogP contribution is 2.24. The van der Waals surface area contributed by atoms with E-state index in [0.29, 0.717) is 5.69 Å². The van der Waals surface area contributed by atoms with E-state index in [1.165, 1.54) is 0 Å². The van der Waals surface area contributed by atoms with Crippen LogP contribution in [0.1, 0.15) is 35.9 Å². The van der Waals surface area contributed by atoms with Gasteiger partial charge in [0.25, 0.3) is 5.91 Å². The lowest BCUT2D eigenvalue weighted by atomic mass is 10.2. The smallest absolute Gasteiger partial charge is 0.272 e. The Bertz CT molecular complexity index is 602. The Morgan fingerprint density at radius 1 is 1.32 bits per heavy atom. The highest BCUT2D eigenvalue weighted by Gasteiger charge is 2.13. The molecule has 1 aromatic heterocycles. The third kappa shape index (κ3) is 3.07. The summed E-state index contributed by atoms with van der Waals surface area (Å²) in [4.78, 5) is 12.3. The van der Waals surface area contributed by atoms with Crippen LogP contribution in [0.25, 0.3) is 0 Å². The zero-order chi connectivity index (χ0) is 14.0. The molecule has 0 aliphatic rings. The number of anilines is 1. The van der Waals surface area contributed by atoms with E-state index >= 15 is 0 Å². The summed E-state index contributed by atoms with van der Waals surface area (Å²) in [5, 5.41) is 2.94. The molecule has 0 aliphatic heterocycles. The van der Waals surface area contributed by atoms with Crippen molar-refractivity contribution >= 4 is 27.5 Å². The second-order valence-electron chi connectivity index (χ2n) is 4.83. The summed E-state index contributed by atoms with van der Waals surface area (Å²) in [6.45, 7) is 6.11. The molecule has 2 aromatic rings. The average Bonchev–Trinajstić information content (AvgIpc) is 2.83. The molecule has 0 atom stereocenters. The van der Waals surface area contributed by atoms with Gasteiger partial charge in [0.1, 0.15) is 5.69 Å². The molecule has 2 rings (SSSR count). The topological polar surface area (TPSA) is 34.0 Å². The van der Waals surface area contributed by atoms with Gasteiger partial charge < -0.3 is 9.88 Å². The minimum Gasteiger partial charge on any atom is -0.341 e. The van der Waals surface area contributed by atoms with Gasteiger partial charge in [-0.1, -0.05) is 6.07 Å². The second-order valence-corrected chi connectivity index (χ2v) is 5.69. The normalized spacial score (nSPS) is 10.8. The fourth-order valence-electron chi connectivity index (χ4n) is 1.96. The Labute approximate surface area is 121 Å². The summed E-state index contributed by atoms with van der Waals surface area (Å²) < 4.78 is 2.84. The van der Waals surface area contributed by atoms with Crippen LogP contribution in [0.5, 0.6) is 0 Å². The fourth-order valence-corrected chi connectivity index (χ4v) is 2.30. The van der Waals surface area contributed by atoms with Crippen molar-refractivity contribution < 1.29 is 4.79 Å². The number of rotatable bonds is 3. The number of nitrogens with zero attached hydrogens (tertiary/aromatic N) is 1. The Balaban J connectivity index is 2.26. The molecule has 4 heteroatoms. The lowest BCUT2D eigenvalue weighted by Gasteiger charge is -2.13. The van der Waals surface area contributed by atoms with Crippen LogP contribution >= 0.6 is 15.9 Å². The van der Waals surface area contributed by atoms with Crippen LogP contribution in [-0.4, -0.2) is 10.5 Å². The van der Waals surface area contributed by atoms with Gasteiger partial charge in [0.2, 0.25) is 0 Å². The van der Waals surface area contributed by atoms with Crippen LogP contribution in [0.3, 0.4) is 0 Å². The first kappa shape index (κ1) is 13.9. The van der Waals surface area contributed by atoms with Gasteiger partial charge in [-0.25, -0.2) is 0 Å².